The summed E-state index contributed by atoms with van der Waals surface area (Å²) in [6.07, 6.45) is 9.47. The molecule has 0 bridgehead atoms. The fourth-order valence-electron chi connectivity index (χ4n) is 2.89. The van der Waals surface area contributed by atoms with Crippen molar-refractivity contribution in [3.05, 3.63) is 42.7 Å². The van der Waals surface area contributed by atoms with Gasteiger partial charge in [0, 0.05) is 24.1 Å². The van der Waals surface area contributed by atoms with Crippen molar-refractivity contribution >= 4 is 5.95 Å². The molecule has 19 heavy (non-hydrogen) atoms. The van der Waals surface area contributed by atoms with Gasteiger partial charge in [-0.2, -0.15) is 0 Å². The minimum Gasteiger partial charge on any atom is -0.352 e. The molecule has 98 valence electrons. The maximum atomic E-state index is 4.50. The molecule has 2 saturated carbocycles. The molecule has 2 aromatic rings. The normalized spacial score (nSPS) is 18.8. The van der Waals surface area contributed by atoms with E-state index in [9.17, 15) is 0 Å². The average molecular weight is 253 g/mol. The van der Waals surface area contributed by atoms with Gasteiger partial charge in [-0.15, -0.1) is 0 Å². The van der Waals surface area contributed by atoms with Crippen LogP contribution in [0.25, 0.3) is 5.69 Å². The van der Waals surface area contributed by atoms with Gasteiger partial charge in [0.05, 0.1) is 0 Å². The Balaban J connectivity index is 1.59. The standard InChI is InChI=1S/C16H19N3/c1-2-4-14(5-3-1)19-11-10-17-16(19)18-15(12-6-7-12)13-8-9-13/h1-5,10-13,15H,6-9H2,(H,17,18). The summed E-state index contributed by atoms with van der Waals surface area (Å²) in [6, 6.07) is 11.1. The van der Waals surface area contributed by atoms with Crippen LogP contribution in [0.3, 0.4) is 0 Å². The molecule has 1 heterocycles. The molecular formula is C16H19N3. The number of nitrogens with one attached hydrogen (secondary N) is 1. The predicted octanol–water partition coefficient (Wildman–Crippen LogP) is 3.47. The average Bonchev–Trinajstić information content (AvgIpc) is 3.37. The van der Waals surface area contributed by atoms with Gasteiger partial charge in [-0.25, -0.2) is 4.98 Å². The van der Waals surface area contributed by atoms with E-state index in [2.05, 4.69) is 39.1 Å². The summed E-state index contributed by atoms with van der Waals surface area (Å²) in [7, 11) is 0. The van der Waals surface area contributed by atoms with Crippen LogP contribution in [0.5, 0.6) is 0 Å². The van der Waals surface area contributed by atoms with Crippen molar-refractivity contribution in [1.82, 2.24) is 9.55 Å². The van der Waals surface area contributed by atoms with Crippen molar-refractivity contribution in [3.8, 4) is 5.69 Å². The van der Waals surface area contributed by atoms with Crippen LogP contribution in [-0.4, -0.2) is 15.6 Å². The van der Waals surface area contributed by atoms with E-state index in [1.165, 1.54) is 31.4 Å². The highest BCUT2D eigenvalue weighted by Crippen LogP contribution is 2.45. The molecule has 4 rings (SSSR count). The smallest absolute Gasteiger partial charge is 0.207 e. The van der Waals surface area contributed by atoms with E-state index in [0.717, 1.165) is 17.8 Å². The Morgan fingerprint density at radius 2 is 1.74 bits per heavy atom. The van der Waals surface area contributed by atoms with Gasteiger partial charge in [0.25, 0.3) is 0 Å². The monoisotopic (exact) mass is 253 g/mol. The summed E-state index contributed by atoms with van der Waals surface area (Å²) >= 11 is 0. The second-order valence-electron chi connectivity index (χ2n) is 5.80. The lowest BCUT2D eigenvalue weighted by Gasteiger charge is -2.19. The van der Waals surface area contributed by atoms with Gasteiger partial charge < -0.3 is 5.32 Å². The number of imidazole rings is 1. The fraction of sp³-hybridized carbons (Fsp3) is 0.438. The minimum atomic E-state index is 0.643. The highest BCUT2D eigenvalue weighted by molar-refractivity contribution is 5.42. The maximum Gasteiger partial charge on any atom is 0.207 e. The zero-order chi connectivity index (χ0) is 12.7. The summed E-state index contributed by atoms with van der Waals surface area (Å²) in [5.41, 5.74) is 1.17. The van der Waals surface area contributed by atoms with Gasteiger partial charge in [0.15, 0.2) is 0 Å². The van der Waals surface area contributed by atoms with Crippen LogP contribution in [0.4, 0.5) is 5.95 Å². The van der Waals surface area contributed by atoms with Gasteiger partial charge in [0.1, 0.15) is 0 Å². The Labute approximate surface area is 113 Å². The predicted molar refractivity (Wildman–Crippen MR) is 76.4 cm³/mol. The third-order valence-electron chi connectivity index (χ3n) is 4.23. The lowest BCUT2D eigenvalue weighted by Crippen LogP contribution is -2.26. The second kappa shape index (κ2) is 4.41. The van der Waals surface area contributed by atoms with E-state index in [-0.39, 0.29) is 0 Å². The highest BCUT2D eigenvalue weighted by atomic mass is 15.2. The van der Waals surface area contributed by atoms with E-state index < -0.39 is 0 Å². The van der Waals surface area contributed by atoms with Gasteiger partial charge in [-0.05, 0) is 49.7 Å². The van der Waals surface area contributed by atoms with E-state index in [1.54, 1.807) is 0 Å². The number of nitrogens with zero attached hydrogens (tertiary/aromatic N) is 2. The number of hydrogen-bond acceptors (Lipinski definition) is 2. The van der Waals surface area contributed by atoms with Crippen LogP contribution in [0, 0.1) is 11.8 Å². The number of rotatable bonds is 5. The van der Waals surface area contributed by atoms with E-state index in [4.69, 9.17) is 0 Å². The van der Waals surface area contributed by atoms with Crippen molar-refractivity contribution in [2.45, 2.75) is 31.7 Å². The van der Waals surface area contributed by atoms with Gasteiger partial charge in [-0.3, -0.25) is 4.57 Å². The number of aromatic nitrogens is 2. The first-order valence-corrected chi connectivity index (χ1v) is 7.27. The molecule has 2 aliphatic carbocycles. The molecule has 0 unspecified atom stereocenters. The second-order valence-corrected chi connectivity index (χ2v) is 5.80. The SMILES string of the molecule is c1ccc(-n2ccnc2NC(C2CC2)C2CC2)cc1. The molecule has 0 saturated heterocycles. The molecular weight excluding hydrogens is 234 g/mol. The van der Waals surface area contributed by atoms with Gasteiger partial charge >= 0.3 is 0 Å². The summed E-state index contributed by atoms with van der Waals surface area (Å²) in [4.78, 5) is 4.50. The first kappa shape index (κ1) is 11.1. The number of benzene rings is 1. The summed E-state index contributed by atoms with van der Waals surface area (Å²) in [5, 5.41) is 3.70. The Hall–Kier alpha value is -1.77. The number of para-hydroxylation sites is 1. The topological polar surface area (TPSA) is 29.9 Å². The zero-order valence-corrected chi connectivity index (χ0v) is 11.0. The van der Waals surface area contributed by atoms with Crippen molar-refractivity contribution in [1.29, 1.82) is 0 Å². The molecule has 0 amide bonds. The first-order chi connectivity index (χ1) is 9.42. The Morgan fingerprint density at radius 1 is 1.05 bits per heavy atom. The molecule has 2 aliphatic rings. The van der Waals surface area contributed by atoms with Crippen LogP contribution in [0.2, 0.25) is 0 Å². The molecule has 1 aromatic carbocycles. The summed E-state index contributed by atoms with van der Waals surface area (Å²) in [5.74, 6) is 2.76. The van der Waals surface area contributed by atoms with Crippen LogP contribution in [0.1, 0.15) is 25.7 Å². The van der Waals surface area contributed by atoms with E-state index in [1.807, 2.05) is 18.5 Å². The molecule has 0 atom stereocenters. The molecule has 0 radical (unpaired) electrons. The van der Waals surface area contributed by atoms with Crippen LogP contribution >= 0.6 is 0 Å². The van der Waals surface area contributed by atoms with Gasteiger partial charge in [-0.1, -0.05) is 18.2 Å². The van der Waals surface area contributed by atoms with Crippen molar-refractivity contribution in [3.63, 3.8) is 0 Å². The molecule has 3 heteroatoms. The van der Waals surface area contributed by atoms with E-state index in [0.29, 0.717) is 6.04 Å². The third-order valence-corrected chi connectivity index (χ3v) is 4.23. The lowest BCUT2D eigenvalue weighted by molar-refractivity contribution is 0.562. The van der Waals surface area contributed by atoms with Gasteiger partial charge in [0.2, 0.25) is 5.95 Å². The minimum absolute atomic E-state index is 0.643. The number of hydrogen-bond donors (Lipinski definition) is 1. The maximum absolute atomic E-state index is 4.50. The Bertz CT molecular complexity index is 540. The highest BCUT2D eigenvalue weighted by Gasteiger charge is 2.41. The van der Waals surface area contributed by atoms with Crippen molar-refractivity contribution < 1.29 is 0 Å². The summed E-state index contributed by atoms with van der Waals surface area (Å²) < 4.78 is 2.15. The lowest BCUT2D eigenvalue weighted by atomic mass is 10.1. The zero-order valence-electron chi connectivity index (χ0n) is 11.0. The van der Waals surface area contributed by atoms with Crippen LogP contribution < -0.4 is 5.32 Å². The molecule has 0 spiro atoms. The van der Waals surface area contributed by atoms with Crippen molar-refractivity contribution in [2.75, 3.05) is 5.32 Å². The largest absolute Gasteiger partial charge is 0.352 e. The fourth-order valence-corrected chi connectivity index (χ4v) is 2.89. The van der Waals surface area contributed by atoms with Crippen LogP contribution in [0.15, 0.2) is 42.7 Å². The van der Waals surface area contributed by atoms with Crippen LogP contribution in [-0.2, 0) is 0 Å². The molecule has 2 fully saturated rings. The first-order valence-electron chi connectivity index (χ1n) is 7.27. The molecule has 3 nitrogen and oxygen atoms in total. The van der Waals surface area contributed by atoms with E-state index >= 15 is 0 Å². The Morgan fingerprint density at radius 3 is 2.37 bits per heavy atom. The third kappa shape index (κ3) is 2.25. The van der Waals surface area contributed by atoms with Crippen molar-refractivity contribution in [2.24, 2.45) is 11.8 Å². The Kier molecular flexibility index (Phi) is 2.57. The molecule has 1 N–H and O–H groups in total. The molecule has 0 aliphatic heterocycles. The summed E-state index contributed by atoms with van der Waals surface area (Å²) in [6.45, 7) is 0. The quantitative estimate of drug-likeness (QED) is 0.884. The molecule has 1 aromatic heterocycles. The number of anilines is 1.